The number of methoxy groups -OCH3 is 1. The van der Waals surface area contributed by atoms with Crippen LogP contribution in [-0.2, 0) is 9.53 Å². The molecule has 0 spiro atoms. The van der Waals surface area contributed by atoms with Gasteiger partial charge in [0.15, 0.2) is 17.7 Å². The molecule has 0 saturated heterocycles. The van der Waals surface area contributed by atoms with Crippen LogP contribution in [0.2, 0.25) is 5.02 Å². The summed E-state index contributed by atoms with van der Waals surface area (Å²) in [6.45, 7) is 1.75. The van der Waals surface area contributed by atoms with E-state index in [4.69, 9.17) is 11.6 Å². The fraction of sp³-hybridized carbons (Fsp3) is 0.219. The second-order valence-electron chi connectivity index (χ2n) is 10.4. The average Bonchev–Trinajstić information content (AvgIpc) is 2.97. The van der Waals surface area contributed by atoms with Crippen molar-refractivity contribution in [2.75, 3.05) is 17.7 Å². The number of hydrogen-bond acceptors (Lipinski definition) is 4. The van der Waals surface area contributed by atoms with Crippen molar-refractivity contribution in [3.63, 3.8) is 0 Å². The quantitative estimate of drug-likeness (QED) is 0.141. The number of carbonyl (C=O) groups is 2. The minimum absolute atomic E-state index is 0.0239. The van der Waals surface area contributed by atoms with Crippen LogP contribution in [-0.4, -0.2) is 19.1 Å². The van der Waals surface area contributed by atoms with Gasteiger partial charge in [0.2, 0.25) is 5.91 Å². The molecular weight excluding hydrogens is 583 g/mol. The maximum absolute atomic E-state index is 15.6. The molecule has 1 aliphatic heterocycles. The van der Waals surface area contributed by atoms with Crippen LogP contribution in [0, 0.1) is 28.6 Å². The number of ether oxygens (including phenoxy) is 1. The van der Waals surface area contributed by atoms with Gasteiger partial charge in [-0.1, -0.05) is 49.2 Å². The molecule has 2 atom stereocenters. The maximum Gasteiger partial charge on any atom is 0.411 e. The number of aromatic nitrogens is 1. The fourth-order valence-corrected chi connectivity index (χ4v) is 5.51. The largest absolute Gasteiger partial charge is 0.618 e. The van der Waals surface area contributed by atoms with Gasteiger partial charge in [0, 0.05) is 23.2 Å². The molecule has 4 aromatic rings. The number of carbonyl (C=O) groups excluding carboxylic acids is 2. The number of fused-ring (bicyclic) bond motifs is 4. The summed E-state index contributed by atoms with van der Waals surface area (Å²) in [4.78, 5) is 24.9. The van der Waals surface area contributed by atoms with Crippen molar-refractivity contribution in [1.29, 1.82) is 0 Å². The van der Waals surface area contributed by atoms with E-state index in [0.29, 0.717) is 40.8 Å². The third kappa shape index (κ3) is 6.15. The second kappa shape index (κ2) is 12.3. The van der Waals surface area contributed by atoms with E-state index >= 15 is 4.39 Å². The van der Waals surface area contributed by atoms with Crippen LogP contribution in [0.4, 0.5) is 29.3 Å². The molecule has 0 aliphatic carbocycles. The Bertz CT molecular complexity index is 1730. The first kappa shape index (κ1) is 29.9. The first-order chi connectivity index (χ1) is 20.6. The average molecular weight is 610 g/mol. The van der Waals surface area contributed by atoms with Crippen LogP contribution in [0.15, 0.2) is 66.9 Å². The third-order valence-corrected chi connectivity index (χ3v) is 7.86. The molecule has 222 valence electrons. The molecule has 0 fully saturated rings. The molecule has 0 radical (unpaired) electrons. The van der Waals surface area contributed by atoms with E-state index in [0.717, 1.165) is 24.4 Å². The Balaban J connectivity index is 1.62. The SMILES string of the molecule is COC(=O)Nc1cc(F)c2c(c1)NC(=O)[C@@H](C)CCC[C@H](c1ccc(-c3c(F)ccc(Cl)c3F)c[n+]1[O-])c1cccc-2c1. The lowest BCUT2D eigenvalue weighted by Crippen LogP contribution is -2.34. The Morgan fingerprint density at radius 3 is 2.56 bits per heavy atom. The molecule has 2 amide bonds. The van der Waals surface area contributed by atoms with E-state index < -0.39 is 40.9 Å². The molecule has 5 rings (SSSR count). The minimum atomic E-state index is -0.967. The predicted molar refractivity (Wildman–Crippen MR) is 157 cm³/mol. The summed E-state index contributed by atoms with van der Waals surface area (Å²) in [5.74, 6) is -3.80. The number of anilines is 2. The molecule has 3 aromatic carbocycles. The zero-order valence-electron chi connectivity index (χ0n) is 23.2. The van der Waals surface area contributed by atoms with Crippen molar-refractivity contribution in [2.45, 2.75) is 32.1 Å². The van der Waals surface area contributed by atoms with Gasteiger partial charge in [0.05, 0.1) is 34.9 Å². The van der Waals surface area contributed by atoms with Gasteiger partial charge >= 0.3 is 6.09 Å². The van der Waals surface area contributed by atoms with Crippen molar-refractivity contribution in [2.24, 2.45) is 5.92 Å². The molecule has 11 heteroatoms. The van der Waals surface area contributed by atoms with Gasteiger partial charge in [-0.3, -0.25) is 10.1 Å². The zero-order chi connectivity index (χ0) is 30.8. The van der Waals surface area contributed by atoms with Crippen LogP contribution in [0.5, 0.6) is 0 Å². The van der Waals surface area contributed by atoms with E-state index in [1.54, 1.807) is 25.1 Å². The summed E-state index contributed by atoms with van der Waals surface area (Å²) in [6.07, 6.45) is 1.81. The Morgan fingerprint density at radius 1 is 1.02 bits per heavy atom. The first-order valence-electron chi connectivity index (χ1n) is 13.5. The highest BCUT2D eigenvalue weighted by Gasteiger charge is 2.27. The number of nitrogens with one attached hydrogen (secondary N) is 2. The van der Waals surface area contributed by atoms with Crippen molar-refractivity contribution in [1.82, 2.24) is 0 Å². The van der Waals surface area contributed by atoms with Crippen molar-refractivity contribution in [3.8, 4) is 22.3 Å². The van der Waals surface area contributed by atoms with Crippen molar-refractivity contribution >= 4 is 35.0 Å². The van der Waals surface area contributed by atoms with Crippen LogP contribution < -0.4 is 15.4 Å². The second-order valence-corrected chi connectivity index (χ2v) is 10.8. The molecule has 0 saturated carbocycles. The molecule has 0 unspecified atom stereocenters. The highest BCUT2D eigenvalue weighted by Crippen LogP contribution is 2.39. The highest BCUT2D eigenvalue weighted by atomic mass is 35.5. The Hall–Kier alpha value is -4.57. The van der Waals surface area contributed by atoms with Gasteiger partial charge < -0.3 is 15.3 Å². The molecule has 2 N–H and O–H groups in total. The zero-order valence-corrected chi connectivity index (χ0v) is 24.0. The maximum atomic E-state index is 15.6. The molecule has 1 aromatic heterocycles. The number of nitrogens with zero attached hydrogens (tertiary/aromatic N) is 1. The summed E-state index contributed by atoms with van der Waals surface area (Å²) in [7, 11) is 1.18. The lowest BCUT2D eigenvalue weighted by molar-refractivity contribution is -0.614. The molecule has 43 heavy (non-hydrogen) atoms. The fourth-order valence-electron chi connectivity index (χ4n) is 5.35. The van der Waals surface area contributed by atoms with Gasteiger partial charge in [-0.25, -0.2) is 18.0 Å². The predicted octanol–water partition coefficient (Wildman–Crippen LogP) is 7.79. The van der Waals surface area contributed by atoms with Crippen LogP contribution in [0.3, 0.4) is 0 Å². The van der Waals surface area contributed by atoms with E-state index in [1.165, 1.54) is 25.3 Å². The summed E-state index contributed by atoms with van der Waals surface area (Å²) in [5.41, 5.74) is 1.43. The third-order valence-electron chi connectivity index (χ3n) is 7.57. The standard InChI is InChI=1S/C32H27ClF3N3O4/c1-17-5-3-8-22(27-12-9-20(16-39(27)42)29-24(34)11-10-23(33)30(29)36)18-6-4-7-19(13-18)28-25(35)14-21(37-32(41)43-2)15-26(28)38-31(17)40/h4,6-7,9-17,22H,3,5,8H2,1-2H3,(H,37,41)(H,38,40)/t17-,22-/m0/s1. The number of hydrogen-bond donors (Lipinski definition) is 2. The van der Waals surface area contributed by atoms with E-state index in [1.807, 2.05) is 6.07 Å². The Labute approximate surface area is 250 Å². The molecule has 2 heterocycles. The van der Waals surface area contributed by atoms with E-state index in [9.17, 15) is 23.6 Å². The Morgan fingerprint density at radius 2 is 1.81 bits per heavy atom. The lowest BCUT2D eigenvalue weighted by Gasteiger charge is -2.22. The van der Waals surface area contributed by atoms with E-state index in [-0.39, 0.29) is 33.4 Å². The topological polar surface area (TPSA) is 94.4 Å². The molecule has 2 bridgehead atoms. The molecular formula is C32H27ClF3N3O4. The number of amides is 2. The number of rotatable bonds is 3. The number of halogens is 4. The van der Waals surface area contributed by atoms with Gasteiger partial charge in [0.25, 0.3) is 0 Å². The summed E-state index contributed by atoms with van der Waals surface area (Å²) in [6, 6.07) is 14.6. The van der Waals surface area contributed by atoms with Gasteiger partial charge in [-0.05, 0) is 54.3 Å². The van der Waals surface area contributed by atoms with Crippen LogP contribution in [0.25, 0.3) is 22.3 Å². The monoisotopic (exact) mass is 609 g/mol. The van der Waals surface area contributed by atoms with Crippen molar-refractivity contribution < 1.29 is 32.2 Å². The van der Waals surface area contributed by atoms with Gasteiger partial charge in [-0.2, -0.15) is 4.73 Å². The van der Waals surface area contributed by atoms with E-state index in [2.05, 4.69) is 15.4 Å². The smallest absolute Gasteiger partial charge is 0.411 e. The lowest BCUT2D eigenvalue weighted by atomic mass is 9.86. The number of pyridine rings is 1. The summed E-state index contributed by atoms with van der Waals surface area (Å²) >= 11 is 5.85. The van der Waals surface area contributed by atoms with Gasteiger partial charge in [-0.15, -0.1) is 0 Å². The van der Waals surface area contributed by atoms with Crippen LogP contribution >= 0.6 is 11.6 Å². The van der Waals surface area contributed by atoms with Crippen molar-refractivity contribution in [3.05, 3.63) is 106 Å². The molecule has 1 aliphatic rings. The summed E-state index contributed by atoms with van der Waals surface area (Å²) < 4.78 is 50.0. The van der Waals surface area contributed by atoms with Gasteiger partial charge in [0.1, 0.15) is 11.6 Å². The minimum Gasteiger partial charge on any atom is -0.618 e. The first-order valence-corrected chi connectivity index (χ1v) is 13.9. The number of benzene rings is 3. The molecule has 7 nitrogen and oxygen atoms in total. The van der Waals surface area contributed by atoms with Crippen LogP contribution in [0.1, 0.15) is 43.4 Å². The highest BCUT2D eigenvalue weighted by molar-refractivity contribution is 6.31. The Kier molecular flexibility index (Phi) is 8.59. The normalized spacial score (nSPS) is 16.7. The summed E-state index contributed by atoms with van der Waals surface area (Å²) in [5, 5.41) is 18.3.